The number of thiol groups is 1. The lowest BCUT2D eigenvalue weighted by atomic mass is 9.82. The summed E-state index contributed by atoms with van der Waals surface area (Å²) in [7, 11) is 0. The first kappa shape index (κ1) is 17.6. The molecule has 0 aliphatic heterocycles. The van der Waals surface area contributed by atoms with Gasteiger partial charge in [0.15, 0.2) is 11.6 Å². The Morgan fingerprint density at radius 3 is 2.43 bits per heavy atom. The Balaban J connectivity index is 2.86. The van der Waals surface area contributed by atoms with Crippen molar-refractivity contribution >= 4 is 24.5 Å². The molecule has 0 fully saturated rings. The third kappa shape index (κ3) is 5.12. The summed E-state index contributed by atoms with van der Waals surface area (Å²) < 4.78 is 14.2. The molecule has 0 radical (unpaired) electrons. The number of amides is 2. The monoisotopic (exact) mass is 314 g/mol. The van der Waals surface area contributed by atoms with Crippen molar-refractivity contribution in [2.24, 2.45) is 5.41 Å². The van der Waals surface area contributed by atoms with Crippen LogP contribution in [0.5, 0.6) is 5.75 Å². The summed E-state index contributed by atoms with van der Waals surface area (Å²) in [5.74, 6) is -1.40. The average Bonchev–Trinajstić information content (AvgIpc) is 2.27. The molecular formula is C15H23FN2O2S. The molecule has 0 aromatic heterocycles. The molecule has 1 aromatic carbocycles. The average molecular weight is 314 g/mol. The van der Waals surface area contributed by atoms with Crippen molar-refractivity contribution in [3.05, 3.63) is 24.0 Å². The summed E-state index contributed by atoms with van der Waals surface area (Å²) in [5.41, 5.74) is -0.416. The Hall–Kier alpha value is -1.43. The molecule has 4 nitrogen and oxygen atoms in total. The second-order valence-corrected chi connectivity index (χ2v) is 7.37. The number of hydrogen-bond acceptors (Lipinski definition) is 3. The zero-order valence-electron chi connectivity index (χ0n) is 13.1. The van der Waals surface area contributed by atoms with Crippen LogP contribution < -0.4 is 9.62 Å². The Morgan fingerprint density at radius 2 is 1.90 bits per heavy atom. The van der Waals surface area contributed by atoms with Crippen LogP contribution >= 0.6 is 12.8 Å². The Labute approximate surface area is 130 Å². The number of carbonyl (C=O) groups excluding carboxylic acids is 1. The molecule has 0 unspecified atom stereocenters. The number of halogens is 1. The van der Waals surface area contributed by atoms with Gasteiger partial charge < -0.3 is 10.4 Å². The van der Waals surface area contributed by atoms with Crippen molar-refractivity contribution in [3.63, 3.8) is 0 Å². The van der Waals surface area contributed by atoms with Gasteiger partial charge in [0.1, 0.15) is 5.69 Å². The minimum Gasteiger partial charge on any atom is -0.503 e. The molecule has 21 heavy (non-hydrogen) atoms. The van der Waals surface area contributed by atoms with E-state index in [1.807, 2.05) is 13.8 Å². The summed E-state index contributed by atoms with van der Waals surface area (Å²) in [6, 6.07) is 3.42. The fraction of sp³-hybridized carbons (Fsp3) is 0.533. The van der Waals surface area contributed by atoms with Crippen molar-refractivity contribution in [1.29, 1.82) is 0 Å². The Bertz CT molecular complexity index is 527. The van der Waals surface area contributed by atoms with E-state index < -0.39 is 23.1 Å². The van der Waals surface area contributed by atoms with E-state index in [9.17, 15) is 14.3 Å². The molecule has 0 atom stereocenters. The molecule has 0 bridgehead atoms. The fourth-order valence-corrected chi connectivity index (χ4v) is 2.71. The molecular weight excluding hydrogens is 291 g/mol. The normalized spacial score (nSPS) is 12.1. The number of phenols is 1. The standard InChI is InChI=1S/C15H23FN2O2S/c1-14(2,3)9-15(4,5)17-13(20)18(21)11-8-6-7-10(16)12(11)19/h6-8,19,21H,9H2,1-5H3,(H,17,20). The molecule has 118 valence electrons. The van der Waals surface area contributed by atoms with E-state index in [0.717, 1.165) is 16.8 Å². The molecule has 0 aliphatic rings. The number of urea groups is 1. The zero-order valence-corrected chi connectivity index (χ0v) is 14.0. The van der Waals surface area contributed by atoms with Gasteiger partial charge >= 0.3 is 6.03 Å². The number of hydrogen-bond donors (Lipinski definition) is 3. The summed E-state index contributed by atoms with van der Waals surface area (Å²) >= 11 is 4.05. The van der Waals surface area contributed by atoms with Gasteiger partial charge in [-0.3, -0.25) is 0 Å². The number of rotatable bonds is 3. The number of para-hydroxylation sites is 1. The maximum absolute atomic E-state index is 13.3. The summed E-state index contributed by atoms with van der Waals surface area (Å²) in [6.07, 6.45) is 0.752. The van der Waals surface area contributed by atoms with Crippen LogP contribution in [0.1, 0.15) is 41.0 Å². The third-order valence-electron chi connectivity index (χ3n) is 2.80. The highest BCUT2D eigenvalue weighted by atomic mass is 32.1. The maximum atomic E-state index is 13.3. The second-order valence-electron chi connectivity index (χ2n) is 6.97. The van der Waals surface area contributed by atoms with Crippen molar-refractivity contribution in [2.75, 3.05) is 4.31 Å². The van der Waals surface area contributed by atoms with Crippen LogP contribution in [0.2, 0.25) is 0 Å². The van der Waals surface area contributed by atoms with Gasteiger partial charge in [0, 0.05) is 5.54 Å². The predicted molar refractivity (Wildman–Crippen MR) is 86.2 cm³/mol. The molecule has 2 N–H and O–H groups in total. The number of anilines is 1. The first-order chi connectivity index (χ1) is 9.43. The van der Waals surface area contributed by atoms with Crippen LogP contribution in [0.3, 0.4) is 0 Å². The number of phenolic OH excluding ortho intramolecular Hbond substituents is 1. The molecule has 2 amide bonds. The molecule has 0 spiro atoms. The number of benzene rings is 1. The first-order valence-corrected chi connectivity index (χ1v) is 7.12. The molecule has 0 heterocycles. The van der Waals surface area contributed by atoms with Gasteiger partial charge in [-0.25, -0.2) is 13.5 Å². The minimum atomic E-state index is -0.798. The highest BCUT2D eigenvalue weighted by molar-refractivity contribution is 7.82. The maximum Gasteiger partial charge on any atom is 0.332 e. The van der Waals surface area contributed by atoms with Crippen LogP contribution in [-0.2, 0) is 0 Å². The number of nitrogens with zero attached hydrogens (tertiary/aromatic N) is 1. The van der Waals surface area contributed by atoms with Gasteiger partial charge in [-0.05, 0) is 37.8 Å². The van der Waals surface area contributed by atoms with Gasteiger partial charge in [-0.2, -0.15) is 0 Å². The first-order valence-electron chi connectivity index (χ1n) is 6.72. The Morgan fingerprint density at radius 1 is 1.33 bits per heavy atom. The zero-order chi connectivity index (χ0) is 16.4. The van der Waals surface area contributed by atoms with E-state index in [2.05, 4.69) is 38.9 Å². The summed E-state index contributed by atoms with van der Waals surface area (Å²) in [5, 5.41) is 12.5. The van der Waals surface area contributed by atoms with E-state index in [1.165, 1.54) is 12.1 Å². The van der Waals surface area contributed by atoms with E-state index in [1.54, 1.807) is 0 Å². The predicted octanol–water partition coefficient (Wildman–Crippen LogP) is 4.11. The van der Waals surface area contributed by atoms with Crippen LogP contribution in [0.25, 0.3) is 0 Å². The quantitative estimate of drug-likeness (QED) is 0.736. The lowest BCUT2D eigenvalue weighted by molar-refractivity contribution is 0.218. The largest absolute Gasteiger partial charge is 0.503 e. The van der Waals surface area contributed by atoms with Crippen LogP contribution in [-0.4, -0.2) is 16.7 Å². The van der Waals surface area contributed by atoms with Crippen LogP contribution in [0.4, 0.5) is 14.9 Å². The van der Waals surface area contributed by atoms with Gasteiger partial charge in [-0.1, -0.05) is 39.7 Å². The number of aromatic hydroxyl groups is 1. The minimum absolute atomic E-state index is 0.00221. The smallest absolute Gasteiger partial charge is 0.332 e. The molecule has 0 aliphatic carbocycles. The molecule has 1 aromatic rings. The fourth-order valence-electron chi connectivity index (χ4n) is 2.50. The van der Waals surface area contributed by atoms with Gasteiger partial charge in [0.25, 0.3) is 0 Å². The van der Waals surface area contributed by atoms with Gasteiger partial charge in [-0.15, -0.1) is 0 Å². The lowest BCUT2D eigenvalue weighted by Gasteiger charge is -2.34. The SMILES string of the molecule is CC(C)(C)CC(C)(C)NC(=O)N(S)c1cccc(F)c1O. The Kier molecular flexibility index (Phi) is 5.15. The topological polar surface area (TPSA) is 52.6 Å². The highest BCUT2D eigenvalue weighted by Crippen LogP contribution is 2.32. The van der Waals surface area contributed by atoms with Gasteiger partial charge in [0.05, 0.1) is 0 Å². The highest BCUT2D eigenvalue weighted by Gasteiger charge is 2.29. The second kappa shape index (κ2) is 6.13. The van der Waals surface area contributed by atoms with E-state index in [0.29, 0.717) is 0 Å². The van der Waals surface area contributed by atoms with E-state index >= 15 is 0 Å². The van der Waals surface area contributed by atoms with Crippen molar-refractivity contribution in [3.8, 4) is 5.75 Å². The van der Waals surface area contributed by atoms with Crippen LogP contribution in [0.15, 0.2) is 18.2 Å². The third-order valence-corrected chi connectivity index (χ3v) is 3.20. The van der Waals surface area contributed by atoms with Crippen LogP contribution in [0, 0.1) is 11.2 Å². The summed E-state index contributed by atoms with van der Waals surface area (Å²) in [4.78, 5) is 12.2. The molecule has 6 heteroatoms. The van der Waals surface area contributed by atoms with E-state index in [-0.39, 0.29) is 11.1 Å². The van der Waals surface area contributed by atoms with Crippen molar-refractivity contribution in [2.45, 2.75) is 46.6 Å². The molecule has 0 saturated heterocycles. The molecule has 1 rings (SSSR count). The van der Waals surface area contributed by atoms with Crippen molar-refractivity contribution < 1.29 is 14.3 Å². The number of carbonyl (C=O) groups is 1. The molecule has 0 saturated carbocycles. The number of nitrogens with one attached hydrogen (secondary N) is 1. The lowest BCUT2D eigenvalue weighted by Crippen LogP contribution is -2.49. The van der Waals surface area contributed by atoms with Gasteiger partial charge in [0.2, 0.25) is 0 Å². The summed E-state index contributed by atoms with van der Waals surface area (Å²) in [6.45, 7) is 10.1. The van der Waals surface area contributed by atoms with Crippen molar-refractivity contribution in [1.82, 2.24) is 5.32 Å². The van der Waals surface area contributed by atoms with E-state index in [4.69, 9.17) is 0 Å².